The molecule has 222 valence electrons. The van der Waals surface area contributed by atoms with Crippen molar-refractivity contribution in [2.45, 2.75) is 50.0 Å². The maximum Gasteiger partial charge on any atom is 0.407 e. The number of hydrogen-bond donors (Lipinski definition) is 1. The highest BCUT2D eigenvalue weighted by molar-refractivity contribution is 6.00. The lowest BCUT2D eigenvalue weighted by molar-refractivity contribution is -0.151. The number of carbonyl (C=O) groups is 3. The van der Waals surface area contributed by atoms with Gasteiger partial charge in [-0.1, -0.05) is 24.3 Å². The van der Waals surface area contributed by atoms with E-state index in [0.29, 0.717) is 37.3 Å². The zero-order valence-electron chi connectivity index (χ0n) is 23.6. The second-order valence-corrected chi connectivity index (χ2v) is 11.4. The largest absolute Gasteiger partial charge is 0.497 e. The van der Waals surface area contributed by atoms with Crippen LogP contribution in [-0.2, 0) is 23.2 Å². The molecule has 6 rings (SSSR count). The number of amides is 3. The fraction of sp³-hybridized carbons (Fsp3) is 0.467. The molecule has 3 amide bonds. The number of para-hydroxylation sites is 1. The highest BCUT2D eigenvalue weighted by atomic mass is 19.1. The molecule has 3 fully saturated rings. The number of aromatic nitrogens is 2. The quantitative estimate of drug-likeness (QED) is 0.447. The van der Waals surface area contributed by atoms with E-state index in [1.54, 1.807) is 30.9 Å². The molecule has 42 heavy (non-hydrogen) atoms. The number of carbonyl (C=O) groups excluding carboxylic acids is 2. The molecule has 1 unspecified atom stereocenters. The first-order valence-electron chi connectivity index (χ1n) is 14.2. The summed E-state index contributed by atoms with van der Waals surface area (Å²) >= 11 is 0. The molecule has 3 saturated heterocycles. The monoisotopic (exact) mass is 579 g/mol. The summed E-state index contributed by atoms with van der Waals surface area (Å²) in [5, 5.41) is 9.19. The molecule has 3 aliphatic heterocycles. The van der Waals surface area contributed by atoms with E-state index in [0.717, 1.165) is 21.5 Å². The van der Waals surface area contributed by atoms with Crippen molar-refractivity contribution in [1.82, 2.24) is 23.8 Å². The number of aryl methyl sites for hydroxylation is 1. The number of halogens is 1. The molecular formula is C30H34FN5O6. The van der Waals surface area contributed by atoms with E-state index < -0.39 is 24.2 Å². The number of imide groups is 1. The lowest BCUT2D eigenvalue weighted by Crippen LogP contribution is -2.59. The van der Waals surface area contributed by atoms with Gasteiger partial charge in [0.25, 0.3) is 5.91 Å². The van der Waals surface area contributed by atoms with Crippen molar-refractivity contribution < 1.29 is 28.6 Å². The fourth-order valence-corrected chi connectivity index (χ4v) is 6.70. The number of fused-ring (bicyclic) bond motifs is 1. The van der Waals surface area contributed by atoms with Gasteiger partial charge in [-0.2, -0.15) is 0 Å². The Morgan fingerprint density at radius 2 is 1.79 bits per heavy atom. The Morgan fingerprint density at radius 1 is 1.05 bits per heavy atom. The number of likely N-dealkylation sites (tertiary alicyclic amines) is 3. The molecule has 0 spiro atoms. The Hall–Kier alpha value is -4.19. The van der Waals surface area contributed by atoms with Gasteiger partial charge in [-0.25, -0.2) is 14.0 Å². The van der Waals surface area contributed by atoms with E-state index in [4.69, 9.17) is 4.74 Å². The normalized spacial score (nSPS) is 23.8. The van der Waals surface area contributed by atoms with Crippen molar-refractivity contribution >= 4 is 28.9 Å². The fourth-order valence-electron chi connectivity index (χ4n) is 6.70. The summed E-state index contributed by atoms with van der Waals surface area (Å²) in [6.07, 6.45) is -1.52. The molecule has 0 saturated carbocycles. The summed E-state index contributed by atoms with van der Waals surface area (Å²) in [6, 6.07) is 11.7. The third-order valence-corrected chi connectivity index (χ3v) is 9.03. The summed E-state index contributed by atoms with van der Waals surface area (Å²) in [4.78, 5) is 55.8. The summed E-state index contributed by atoms with van der Waals surface area (Å²) in [7, 11) is 3.26. The van der Waals surface area contributed by atoms with Crippen LogP contribution in [0.5, 0.6) is 5.75 Å². The standard InChI is InChI=1S/C30H34FN5O6/c1-32-27-21(19-15-34(16-19)23-12-13-33(30(40)41)17-22(23)31)4-3-5-24(27)36(29(32)39)25-10-11-26(37)35(28(25)38)14-18-6-8-20(42-2)9-7-18/h3-9,19,22-23,25H,10-17H2,1-2H3,(H,40,41)/t22-,23-,25?/m0/s1. The first kappa shape index (κ1) is 28.0. The summed E-state index contributed by atoms with van der Waals surface area (Å²) < 4.78 is 23.1. The maximum absolute atomic E-state index is 14.8. The minimum atomic E-state index is -1.25. The van der Waals surface area contributed by atoms with Crippen LogP contribution >= 0.6 is 0 Å². The smallest absolute Gasteiger partial charge is 0.407 e. The van der Waals surface area contributed by atoms with E-state index in [-0.39, 0.29) is 49.5 Å². The van der Waals surface area contributed by atoms with Crippen molar-refractivity contribution in [3.05, 3.63) is 64.1 Å². The number of benzene rings is 2. The Kier molecular flexibility index (Phi) is 7.25. The van der Waals surface area contributed by atoms with Gasteiger partial charge >= 0.3 is 11.8 Å². The average Bonchev–Trinajstić information content (AvgIpc) is 3.21. The minimum Gasteiger partial charge on any atom is -0.497 e. The number of alkyl halides is 1. The lowest BCUT2D eigenvalue weighted by atomic mass is 9.86. The summed E-state index contributed by atoms with van der Waals surface area (Å²) in [6.45, 7) is 1.50. The highest BCUT2D eigenvalue weighted by Crippen LogP contribution is 2.37. The number of ether oxygens (including phenoxy) is 1. The van der Waals surface area contributed by atoms with Crippen molar-refractivity contribution in [2.75, 3.05) is 33.3 Å². The van der Waals surface area contributed by atoms with Crippen LogP contribution in [0.1, 0.15) is 42.3 Å². The van der Waals surface area contributed by atoms with Gasteiger partial charge in [-0.15, -0.1) is 0 Å². The molecular weight excluding hydrogens is 545 g/mol. The van der Waals surface area contributed by atoms with Crippen LogP contribution < -0.4 is 10.4 Å². The number of methoxy groups -OCH3 is 1. The Labute approximate surface area is 241 Å². The lowest BCUT2D eigenvalue weighted by Gasteiger charge is -2.48. The topological polar surface area (TPSA) is 117 Å². The van der Waals surface area contributed by atoms with Gasteiger partial charge in [0, 0.05) is 45.1 Å². The van der Waals surface area contributed by atoms with Crippen LogP contribution in [0.2, 0.25) is 0 Å². The van der Waals surface area contributed by atoms with Gasteiger partial charge in [-0.3, -0.25) is 28.5 Å². The van der Waals surface area contributed by atoms with Crippen LogP contribution in [0.25, 0.3) is 11.0 Å². The minimum absolute atomic E-state index is 0.0649. The molecule has 1 N–H and O–H groups in total. The molecule has 4 heterocycles. The molecule has 3 aromatic rings. The Bertz CT molecular complexity index is 1590. The van der Waals surface area contributed by atoms with E-state index in [2.05, 4.69) is 4.90 Å². The van der Waals surface area contributed by atoms with Gasteiger partial charge in [0.15, 0.2) is 0 Å². The zero-order valence-corrected chi connectivity index (χ0v) is 23.6. The summed E-state index contributed by atoms with van der Waals surface area (Å²) in [5.74, 6) is 0.0679. The maximum atomic E-state index is 14.8. The van der Waals surface area contributed by atoms with Gasteiger partial charge < -0.3 is 14.7 Å². The van der Waals surface area contributed by atoms with Crippen LogP contribution in [0, 0.1) is 0 Å². The van der Waals surface area contributed by atoms with Gasteiger partial charge in [0.05, 0.1) is 31.2 Å². The van der Waals surface area contributed by atoms with E-state index in [1.165, 1.54) is 9.47 Å². The number of carboxylic acid groups (broad SMARTS) is 1. The third-order valence-electron chi connectivity index (χ3n) is 9.03. The molecule has 11 nitrogen and oxygen atoms in total. The van der Waals surface area contributed by atoms with Gasteiger partial charge in [0.2, 0.25) is 5.91 Å². The number of hydrogen-bond acceptors (Lipinski definition) is 6. The number of nitrogens with zero attached hydrogens (tertiary/aromatic N) is 5. The van der Waals surface area contributed by atoms with Crippen LogP contribution in [0.4, 0.5) is 9.18 Å². The SMILES string of the molecule is COc1ccc(CN2C(=O)CCC(n3c(=O)n(C)c4c(C5CN([C@H]6CCN(C(=O)O)C[C@@H]6F)C5)cccc43)C2=O)cc1. The molecule has 0 bridgehead atoms. The van der Waals surface area contributed by atoms with Gasteiger partial charge in [-0.05, 0) is 42.2 Å². The van der Waals surface area contributed by atoms with Crippen molar-refractivity contribution in [1.29, 1.82) is 0 Å². The predicted molar refractivity (Wildman–Crippen MR) is 151 cm³/mol. The second kappa shape index (κ2) is 10.9. The molecule has 2 aromatic carbocycles. The molecule has 3 atom stereocenters. The van der Waals surface area contributed by atoms with E-state index in [9.17, 15) is 28.7 Å². The highest BCUT2D eigenvalue weighted by Gasteiger charge is 2.42. The van der Waals surface area contributed by atoms with Crippen molar-refractivity contribution in [3.63, 3.8) is 0 Å². The third kappa shape index (κ3) is 4.73. The predicted octanol–water partition coefficient (Wildman–Crippen LogP) is 2.73. The molecule has 3 aliphatic rings. The van der Waals surface area contributed by atoms with E-state index in [1.807, 2.05) is 30.3 Å². The molecule has 0 radical (unpaired) electrons. The second-order valence-electron chi connectivity index (χ2n) is 11.4. The first-order valence-corrected chi connectivity index (χ1v) is 14.2. The van der Waals surface area contributed by atoms with Crippen LogP contribution in [-0.4, -0.2) is 92.4 Å². The zero-order chi connectivity index (χ0) is 29.7. The molecule has 0 aliphatic carbocycles. The van der Waals surface area contributed by atoms with Gasteiger partial charge in [0.1, 0.15) is 18.0 Å². The molecule has 1 aromatic heterocycles. The van der Waals surface area contributed by atoms with E-state index >= 15 is 0 Å². The summed E-state index contributed by atoms with van der Waals surface area (Å²) in [5.41, 5.74) is 2.78. The van der Waals surface area contributed by atoms with Crippen LogP contribution in [0.15, 0.2) is 47.3 Å². The Morgan fingerprint density at radius 3 is 2.45 bits per heavy atom. The van der Waals surface area contributed by atoms with Crippen molar-refractivity contribution in [2.24, 2.45) is 7.05 Å². The average molecular weight is 580 g/mol. The number of piperidine rings is 2. The number of imidazole rings is 1. The first-order chi connectivity index (χ1) is 20.2. The molecule has 12 heteroatoms. The number of rotatable bonds is 6. The van der Waals surface area contributed by atoms with Crippen LogP contribution in [0.3, 0.4) is 0 Å². The Balaban J connectivity index is 1.23. The van der Waals surface area contributed by atoms with Crippen molar-refractivity contribution in [3.8, 4) is 5.75 Å².